The predicted molar refractivity (Wildman–Crippen MR) is 104 cm³/mol. The van der Waals surface area contributed by atoms with E-state index in [1.807, 2.05) is 24.3 Å². The fraction of sp³-hybridized carbons (Fsp3) is 0.238. The highest BCUT2D eigenvalue weighted by molar-refractivity contribution is 5.97. The van der Waals surface area contributed by atoms with Crippen molar-refractivity contribution in [3.05, 3.63) is 71.9 Å². The van der Waals surface area contributed by atoms with Crippen LogP contribution in [0, 0.1) is 5.92 Å². The van der Waals surface area contributed by atoms with Crippen LogP contribution in [0.2, 0.25) is 0 Å². The Hall–Kier alpha value is -3.28. The van der Waals surface area contributed by atoms with Crippen LogP contribution in [0.3, 0.4) is 0 Å². The van der Waals surface area contributed by atoms with Crippen LogP contribution in [0.15, 0.2) is 60.8 Å². The molecule has 6 heteroatoms. The molecular weight excluding hydrogens is 342 g/mol. The van der Waals surface area contributed by atoms with E-state index in [0.29, 0.717) is 17.1 Å². The lowest BCUT2D eigenvalue weighted by molar-refractivity contribution is -0.119. The Morgan fingerprint density at radius 3 is 2.41 bits per heavy atom. The Balaban J connectivity index is 1.84. The molecule has 1 aliphatic rings. The lowest BCUT2D eigenvalue weighted by atomic mass is 9.87. The Morgan fingerprint density at radius 1 is 1.15 bits per heavy atom. The molecule has 140 valence electrons. The molecule has 2 aromatic rings. The number of amides is 3. The van der Waals surface area contributed by atoms with Crippen molar-refractivity contribution in [1.82, 2.24) is 10.6 Å². The molecule has 0 saturated carbocycles. The number of benzene rings is 2. The van der Waals surface area contributed by atoms with E-state index in [2.05, 4.69) is 29.5 Å². The maximum atomic E-state index is 13.0. The largest absolute Gasteiger partial charge is 0.497 e. The Labute approximate surface area is 158 Å². The van der Waals surface area contributed by atoms with E-state index in [-0.39, 0.29) is 11.9 Å². The molecule has 1 heterocycles. The van der Waals surface area contributed by atoms with Crippen molar-refractivity contribution in [2.24, 2.45) is 5.92 Å². The van der Waals surface area contributed by atoms with E-state index < -0.39 is 12.0 Å². The van der Waals surface area contributed by atoms with E-state index >= 15 is 0 Å². The minimum atomic E-state index is -0.641. The lowest BCUT2D eigenvalue weighted by Crippen LogP contribution is -2.51. The molecule has 1 aliphatic heterocycles. The molecule has 3 N–H and O–H groups in total. The van der Waals surface area contributed by atoms with Crippen molar-refractivity contribution in [3.8, 4) is 5.75 Å². The van der Waals surface area contributed by atoms with Crippen LogP contribution >= 0.6 is 0 Å². The molecule has 0 radical (unpaired) electrons. The molecule has 0 unspecified atom stereocenters. The summed E-state index contributed by atoms with van der Waals surface area (Å²) in [6, 6.07) is 14.1. The van der Waals surface area contributed by atoms with E-state index in [1.165, 1.54) is 5.56 Å². The number of carbonyl (C=O) groups is 2. The van der Waals surface area contributed by atoms with Crippen LogP contribution in [-0.4, -0.2) is 19.0 Å². The monoisotopic (exact) mass is 365 g/mol. The number of ether oxygens (including phenoxy) is 1. The highest BCUT2D eigenvalue weighted by Crippen LogP contribution is 2.31. The van der Waals surface area contributed by atoms with Crippen LogP contribution in [0.5, 0.6) is 5.75 Å². The van der Waals surface area contributed by atoms with Gasteiger partial charge in [-0.05, 0) is 41.8 Å². The third-order valence-electron chi connectivity index (χ3n) is 4.66. The molecule has 2 aromatic carbocycles. The van der Waals surface area contributed by atoms with Crippen LogP contribution in [0.1, 0.15) is 24.1 Å². The molecular formula is C21H23N3O3. The predicted octanol–water partition coefficient (Wildman–Crippen LogP) is 3.38. The second-order valence-corrected chi connectivity index (χ2v) is 6.39. The van der Waals surface area contributed by atoms with Crippen molar-refractivity contribution in [1.29, 1.82) is 0 Å². The molecule has 1 saturated heterocycles. The van der Waals surface area contributed by atoms with Gasteiger partial charge in [-0.15, -0.1) is 0 Å². The summed E-state index contributed by atoms with van der Waals surface area (Å²) in [5, 5.41) is 8.34. The zero-order valence-electron chi connectivity index (χ0n) is 15.4. The van der Waals surface area contributed by atoms with Gasteiger partial charge in [-0.2, -0.15) is 0 Å². The molecule has 0 bridgehead atoms. The number of carbonyl (C=O) groups excluding carboxylic acids is 2. The van der Waals surface area contributed by atoms with Gasteiger partial charge in [-0.3, -0.25) is 4.79 Å². The number of aryl methyl sites for hydroxylation is 1. The number of methoxy groups -OCH3 is 1. The van der Waals surface area contributed by atoms with Crippen molar-refractivity contribution >= 4 is 17.6 Å². The Morgan fingerprint density at radius 2 is 1.81 bits per heavy atom. The summed E-state index contributed by atoms with van der Waals surface area (Å²) in [6.07, 6.45) is 0.924. The Bertz CT molecular complexity index is 844. The van der Waals surface area contributed by atoms with Gasteiger partial charge in [0.1, 0.15) is 11.7 Å². The zero-order chi connectivity index (χ0) is 19.4. The topological polar surface area (TPSA) is 79.5 Å². The van der Waals surface area contributed by atoms with Crippen molar-refractivity contribution in [3.63, 3.8) is 0 Å². The third kappa shape index (κ3) is 4.11. The van der Waals surface area contributed by atoms with E-state index in [1.54, 1.807) is 31.4 Å². The summed E-state index contributed by atoms with van der Waals surface area (Å²) < 4.78 is 5.13. The molecule has 3 rings (SSSR count). The summed E-state index contributed by atoms with van der Waals surface area (Å²) >= 11 is 0. The van der Waals surface area contributed by atoms with Crippen molar-refractivity contribution in [2.75, 3.05) is 12.4 Å². The minimum Gasteiger partial charge on any atom is -0.497 e. The zero-order valence-corrected chi connectivity index (χ0v) is 15.4. The van der Waals surface area contributed by atoms with Crippen LogP contribution in [-0.2, 0) is 11.2 Å². The van der Waals surface area contributed by atoms with Crippen LogP contribution < -0.4 is 20.7 Å². The fourth-order valence-electron chi connectivity index (χ4n) is 3.13. The van der Waals surface area contributed by atoms with Gasteiger partial charge < -0.3 is 20.7 Å². The number of rotatable bonds is 5. The summed E-state index contributed by atoms with van der Waals surface area (Å²) in [7, 11) is 1.59. The number of hydrogen-bond acceptors (Lipinski definition) is 3. The van der Waals surface area contributed by atoms with Gasteiger partial charge in [0.05, 0.1) is 13.2 Å². The third-order valence-corrected chi connectivity index (χ3v) is 4.66. The number of hydrogen-bond donors (Lipinski definition) is 3. The molecule has 0 aliphatic carbocycles. The number of urea groups is 1. The van der Waals surface area contributed by atoms with Crippen molar-refractivity contribution in [2.45, 2.75) is 19.4 Å². The van der Waals surface area contributed by atoms with Crippen LogP contribution in [0.4, 0.5) is 10.5 Å². The first kappa shape index (κ1) is 18.5. The van der Waals surface area contributed by atoms with E-state index in [0.717, 1.165) is 12.0 Å². The molecule has 1 fully saturated rings. The summed E-state index contributed by atoms with van der Waals surface area (Å²) in [4.78, 5) is 24.9. The number of nitrogens with one attached hydrogen (secondary N) is 3. The standard InChI is InChI=1S/C21H23N3O3/c1-4-14-5-7-15(8-6-14)19-18(13(2)22-21(26)24-19)20(25)23-16-9-11-17(27-3)12-10-16/h5-12,18-19H,2,4H2,1,3H3,(H,23,25)(H2,22,24,26)/t18-,19+/m1/s1. The maximum Gasteiger partial charge on any atom is 0.319 e. The van der Waals surface area contributed by atoms with E-state index in [9.17, 15) is 9.59 Å². The SMILES string of the molecule is C=C1NC(=O)N[C@@H](c2ccc(CC)cc2)[C@@H]1C(=O)Nc1ccc(OC)cc1. The average molecular weight is 365 g/mol. The van der Waals surface area contributed by atoms with Crippen LogP contribution in [0.25, 0.3) is 0 Å². The quantitative estimate of drug-likeness (QED) is 0.760. The van der Waals surface area contributed by atoms with E-state index in [4.69, 9.17) is 4.74 Å². The molecule has 0 spiro atoms. The average Bonchev–Trinajstić information content (AvgIpc) is 2.68. The first-order valence-electron chi connectivity index (χ1n) is 8.82. The minimum absolute atomic E-state index is 0.248. The summed E-state index contributed by atoms with van der Waals surface area (Å²) in [5.74, 6) is -0.183. The molecule has 27 heavy (non-hydrogen) atoms. The lowest BCUT2D eigenvalue weighted by Gasteiger charge is -2.34. The van der Waals surface area contributed by atoms with Crippen molar-refractivity contribution < 1.29 is 14.3 Å². The molecule has 3 amide bonds. The Kier molecular flexibility index (Phi) is 5.45. The highest BCUT2D eigenvalue weighted by atomic mass is 16.5. The fourth-order valence-corrected chi connectivity index (χ4v) is 3.13. The summed E-state index contributed by atoms with van der Waals surface area (Å²) in [5.41, 5.74) is 3.06. The second-order valence-electron chi connectivity index (χ2n) is 6.39. The summed E-state index contributed by atoms with van der Waals surface area (Å²) in [6.45, 7) is 5.97. The van der Waals surface area contributed by atoms with Gasteiger partial charge in [0.15, 0.2) is 0 Å². The van der Waals surface area contributed by atoms with Gasteiger partial charge >= 0.3 is 6.03 Å². The normalized spacial score (nSPS) is 19.0. The highest BCUT2D eigenvalue weighted by Gasteiger charge is 2.37. The van der Waals surface area contributed by atoms with Gasteiger partial charge in [0.2, 0.25) is 5.91 Å². The number of anilines is 1. The first-order valence-corrected chi connectivity index (χ1v) is 8.82. The first-order chi connectivity index (χ1) is 13.0. The van der Waals surface area contributed by atoms with Gasteiger partial charge in [0.25, 0.3) is 0 Å². The maximum absolute atomic E-state index is 13.0. The molecule has 6 nitrogen and oxygen atoms in total. The van der Waals surface area contributed by atoms with Gasteiger partial charge in [-0.25, -0.2) is 4.79 Å². The van der Waals surface area contributed by atoms with Gasteiger partial charge in [-0.1, -0.05) is 37.8 Å². The molecule has 0 aromatic heterocycles. The molecule has 2 atom stereocenters. The second kappa shape index (κ2) is 7.95. The smallest absolute Gasteiger partial charge is 0.319 e. The van der Waals surface area contributed by atoms with Gasteiger partial charge in [0, 0.05) is 11.4 Å².